The Morgan fingerprint density at radius 3 is 2.19 bits per heavy atom. The van der Waals surface area contributed by atoms with Gasteiger partial charge in [0, 0.05) is 21.8 Å². The van der Waals surface area contributed by atoms with Gasteiger partial charge in [-0.1, -0.05) is 65.1 Å². The van der Waals surface area contributed by atoms with Gasteiger partial charge in [-0.25, -0.2) is 0 Å². The maximum absolute atomic E-state index is 13.3. The normalized spacial score (nSPS) is 11.8. The van der Waals surface area contributed by atoms with Crippen LogP contribution in [-0.4, -0.2) is 30.1 Å². The van der Waals surface area contributed by atoms with Gasteiger partial charge in [0.1, 0.15) is 11.4 Å². The van der Waals surface area contributed by atoms with Gasteiger partial charge in [-0.15, -0.1) is 11.8 Å². The Morgan fingerprint density at radius 1 is 0.814 bits per heavy atom. The monoisotopic (exact) mass is 653 g/mol. The van der Waals surface area contributed by atoms with Gasteiger partial charge in [0.25, 0.3) is 11.8 Å². The molecule has 0 radical (unpaired) electrons. The lowest BCUT2D eigenvalue weighted by Gasteiger charge is -2.14. The van der Waals surface area contributed by atoms with Crippen molar-refractivity contribution in [2.75, 3.05) is 17.7 Å². The standard InChI is InChI=1S/C32H26Cl3N3O4S/c1-19(30(39)37-23-13-16-28(42-2)26(34)18-23)43-24-14-11-22(12-15-24)36-32(41)27(17-21-9-6-10-25(33)29(21)35)38-31(40)20-7-4-3-5-8-20/h3-19H,1-2H3,(H,36,41)(H,37,39)(H,38,40)/b27-17-. The van der Waals surface area contributed by atoms with E-state index >= 15 is 0 Å². The highest BCUT2D eigenvalue weighted by Gasteiger charge is 2.18. The van der Waals surface area contributed by atoms with Gasteiger partial charge < -0.3 is 20.7 Å². The summed E-state index contributed by atoms with van der Waals surface area (Å²) in [6.07, 6.45) is 1.46. The molecule has 220 valence electrons. The summed E-state index contributed by atoms with van der Waals surface area (Å²) in [7, 11) is 1.52. The van der Waals surface area contributed by atoms with E-state index in [0.29, 0.717) is 38.3 Å². The largest absolute Gasteiger partial charge is 0.495 e. The number of nitrogens with one attached hydrogen (secondary N) is 3. The molecule has 0 heterocycles. The second-order valence-electron chi connectivity index (χ2n) is 9.10. The minimum atomic E-state index is -0.563. The summed E-state index contributed by atoms with van der Waals surface area (Å²) in [5.74, 6) is -0.710. The van der Waals surface area contributed by atoms with Gasteiger partial charge in [0.15, 0.2) is 0 Å². The molecule has 1 unspecified atom stereocenters. The molecule has 0 aliphatic heterocycles. The molecule has 0 aliphatic rings. The van der Waals surface area contributed by atoms with E-state index in [1.54, 1.807) is 97.9 Å². The van der Waals surface area contributed by atoms with E-state index in [1.807, 2.05) is 0 Å². The lowest BCUT2D eigenvalue weighted by molar-refractivity contribution is -0.115. The van der Waals surface area contributed by atoms with Crippen LogP contribution < -0.4 is 20.7 Å². The highest BCUT2D eigenvalue weighted by Crippen LogP contribution is 2.30. The molecule has 0 saturated carbocycles. The summed E-state index contributed by atoms with van der Waals surface area (Å²) in [5, 5.41) is 8.84. The third kappa shape index (κ3) is 8.78. The van der Waals surface area contributed by atoms with E-state index in [2.05, 4.69) is 16.0 Å². The highest BCUT2D eigenvalue weighted by atomic mass is 35.5. The molecule has 0 fully saturated rings. The zero-order valence-corrected chi connectivity index (χ0v) is 26.1. The summed E-state index contributed by atoms with van der Waals surface area (Å²) >= 11 is 20.0. The Morgan fingerprint density at radius 2 is 1.51 bits per heavy atom. The second-order valence-corrected chi connectivity index (χ2v) is 11.7. The van der Waals surface area contributed by atoms with Crippen molar-refractivity contribution >= 4 is 81.7 Å². The number of hydrogen-bond acceptors (Lipinski definition) is 5. The van der Waals surface area contributed by atoms with Crippen LogP contribution in [0.3, 0.4) is 0 Å². The fourth-order valence-corrected chi connectivity index (χ4v) is 5.28. The molecule has 7 nitrogen and oxygen atoms in total. The van der Waals surface area contributed by atoms with Crippen LogP contribution in [0, 0.1) is 0 Å². The van der Waals surface area contributed by atoms with Gasteiger partial charge in [-0.05, 0) is 79.2 Å². The smallest absolute Gasteiger partial charge is 0.272 e. The van der Waals surface area contributed by atoms with Gasteiger partial charge in [0.2, 0.25) is 5.91 Å². The SMILES string of the molecule is COc1ccc(NC(=O)C(C)Sc2ccc(NC(=O)/C(=C/c3cccc(Cl)c3Cl)NC(=O)c3ccccc3)cc2)cc1Cl. The van der Waals surface area contributed by atoms with Crippen molar-refractivity contribution in [2.45, 2.75) is 17.1 Å². The molecule has 4 rings (SSSR count). The van der Waals surface area contributed by atoms with Crippen LogP contribution in [0.5, 0.6) is 5.75 Å². The average Bonchev–Trinajstić information content (AvgIpc) is 3.00. The number of thioether (sulfide) groups is 1. The molecular formula is C32H26Cl3N3O4S. The van der Waals surface area contributed by atoms with Crippen molar-refractivity contribution in [3.8, 4) is 5.75 Å². The molecule has 11 heteroatoms. The molecule has 0 bridgehead atoms. The Balaban J connectivity index is 1.44. The summed E-state index contributed by atoms with van der Waals surface area (Å²) in [6.45, 7) is 1.79. The van der Waals surface area contributed by atoms with Crippen molar-refractivity contribution in [3.05, 3.63) is 123 Å². The maximum Gasteiger partial charge on any atom is 0.272 e. The number of ether oxygens (including phenoxy) is 1. The number of halogens is 3. The van der Waals surface area contributed by atoms with Gasteiger partial charge in [-0.2, -0.15) is 0 Å². The third-order valence-electron chi connectivity index (χ3n) is 6.02. The Labute approximate surface area is 268 Å². The predicted molar refractivity (Wildman–Crippen MR) is 175 cm³/mol. The van der Waals surface area contributed by atoms with E-state index in [0.717, 1.165) is 4.90 Å². The van der Waals surface area contributed by atoms with Crippen LogP contribution >= 0.6 is 46.6 Å². The first-order chi connectivity index (χ1) is 20.6. The quantitative estimate of drug-likeness (QED) is 0.118. The van der Waals surface area contributed by atoms with Crippen molar-refractivity contribution < 1.29 is 19.1 Å². The first-order valence-electron chi connectivity index (χ1n) is 12.9. The van der Waals surface area contributed by atoms with Crippen LogP contribution in [0.1, 0.15) is 22.8 Å². The Bertz CT molecular complexity index is 1660. The van der Waals surface area contributed by atoms with Crippen LogP contribution in [0.25, 0.3) is 6.08 Å². The number of hydrogen-bond donors (Lipinski definition) is 3. The zero-order valence-electron chi connectivity index (χ0n) is 23.0. The Kier molecular flexibility index (Phi) is 11.1. The van der Waals surface area contributed by atoms with Crippen molar-refractivity contribution in [1.29, 1.82) is 0 Å². The number of anilines is 2. The Hall–Kier alpha value is -3.95. The summed E-state index contributed by atoms with van der Waals surface area (Å²) in [6, 6.07) is 25.5. The molecule has 4 aromatic carbocycles. The van der Waals surface area contributed by atoms with Gasteiger partial charge >= 0.3 is 0 Å². The molecule has 0 aromatic heterocycles. The van der Waals surface area contributed by atoms with Crippen molar-refractivity contribution in [2.24, 2.45) is 0 Å². The fourth-order valence-electron chi connectivity index (χ4n) is 3.79. The number of amides is 3. The first-order valence-corrected chi connectivity index (χ1v) is 14.9. The van der Waals surface area contributed by atoms with E-state index in [9.17, 15) is 14.4 Å². The lowest BCUT2D eigenvalue weighted by Crippen LogP contribution is -2.30. The predicted octanol–water partition coefficient (Wildman–Crippen LogP) is 8.18. The van der Waals surface area contributed by atoms with Gasteiger partial charge in [-0.3, -0.25) is 14.4 Å². The first kappa shape index (κ1) is 32.0. The van der Waals surface area contributed by atoms with E-state index in [-0.39, 0.29) is 16.6 Å². The zero-order chi connectivity index (χ0) is 30.9. The van der Waals surface area contributed by atoms with Crippen molar-refractivity contribution in [3.63, 3.8) is 0 Å². The molecule has 0 spiro atoms. The summed E-state index contributed by atoms with van der Waals surface area (Å²) in [5.41, 5.74) is 1.86. The molecule has 3 N–H and O–H groups in total. The number of benzene rings is 4. The molecule has 0 aliphatic carbocycles. The molecule has 0 saturated heterocycles. The van der Waals surface area contributed by atoms with Crippen molar-refractivity contribution in [1.82, 2.24) is 5.32 Å². The minimum absolute atomic E-state index is 0.0274. The minimum Gasteiger partial charge on any atom is -0.495 e. The lowest BCUT2D eigenvalue weighted by atomic mass is 10.1. The van der Waals surface area contributed by atoms with E-state index in [4.69, 9.17) is 39.5 Å². The van der Waals surface area contributed by atoms with E-state index in [1.165, 1.54) is 24.9 Å². The summed E-state index contributed by atoms with van der Waals surface area (Å²) in [4.78, 5) is 39.7. The van der Waals surface area contributed by atoms with Crippen LogP contribution in [0.2, 0.25) is 15.1 Å². The topological polar surface area (TPSA) is 96.5 Å². The average molecular weight is 655 g/mol. The van der Waals surface area contributed by atoms with Gasteiger partial charge in [0.05, 0.1) is 27.4 Å². The number of carbonyl (C=O) groups is 3. The molecule has 4 aromatic rings. The second kappa shape index (κ2) is 15.0. The number of methoxy groups -OCH3 is 1. The molecule has 43 heavy (non-hydrogen) atoms. The summed E-state index contributed by atoms with van der Waals surface area (Å²) < 4.78 is 5.14. The van der Waals surface area contributed by atoms with Crippen LogP contribution in [0.15, 0.2) is 102 Å². The van der Waals surface area contributed by atoms with Crippen LogP contribution in [-0.2, 0) is 9.59 Å². The van der Waals surface area contributed by atoms with Crippen LogP contribution in [0.4, 0.5) is 11.4 Å². The molecule has 1 atom stereocenters. The fraction of sp³-hybridized carbons (Fsp3) is 0.0938. The number of carbonyl (C=O) groups excluding carboxylic acids is 3. The van der Waals surface area contributed by atoms with E-state index < -0.39 is 17.1 Å². The molecular weight excluding hydrogens is 629 g/mol. The third-order valence-corrected chi connectivity index (χ3v) is 8.26. The number of rotatable bonds is 10. The molecule has 3 amide bonds. The maximum atomic E-state index is 13.3. The highest BCUT2D eigenvalue weighted by molar-refractivity contribution is 8.00.